The van der Waals surface area contributed by atoms with Crippen molar-refractivity contribution >= 4 is 17.5 Å². The normalized spacial score (nSPS) is 15.1. The van der Waals surface area contributed by atoms with E-state index >= 15 is 0 Å². The van der Waals surface area contributed by atoms with E-state index in [9.17, 15) is 9.59 Å². The van der Waals surface area contributed by atoms with Crippen LogP contribution >= 0.6 is 0 Å². The van der Waals surface area contributed by atoms with Gasteiger partial charge in [0.25, 0.3) is 5.91 Å². The molecule has 26 heavy (non-hydrogen) atoms. The first-order chi connectivity index (χ1) is 12.4. The number of hydrogen-bond donors (Lipinski definition) is 2. The molecule has 1 fully saturated rings. The van der Waals surface area contributed by atoms with Crippen molar-refractivity contribution in [2.45, 2.75) is 59.4 Å². The van der Waals surface area contributed by atoms with Gasteiger partial charge in [0.15, 0.2) is 0 Å². The quantitative estimate of drug-likeness (QED) is 0.782. The molecule has 0 atom stereocenters. The van der Waals surface area contributed by atoms with E-state index in [0.29, 0.717) is 23.9 Å². The molecule has 144 valence electrons. The molecule has 5 heteroatoms. The third kappa shape index (κ3) is 5.56. The third-order valence-corrected chi connectivity index (χ3v) is 4.82. The number of amides is 2. The van der Waals surface area contributed by atoms with Crippen LogP contribution in [0.4, 0.5) is 5.69 Å². The lowest BCUT2D eigenvalue weighted by Crippen LogP contribution is -2.46. The third-order valence-electron chi connectivity index (χ3n) is 4.82. The molecule has 0 saturated carbocycles. The number of carbonyl (C=O) groups excluding carboxylic acids is 2. The number of aryl methyl sites for hydroxylation is 1. The lowest BCUT2D eigenvalue weighted by Gasteiger charge is -2.34. The molecular formula is C21H33N3O2. The van der Waals surface area contributed by atoms with Crippen LogP contribution in [-0.2, 0) is 4.79 Å². The molecule has 0 unspecified atom stereocenters. The number of nitrogens with one attached hydrogen (secondary N) is 2. The summed E-state index contributed by atoms with van der Waals surface area (Å²) in [5.74, 6) is 0.440. The van der Waals surface area contributed by atoms with Crippen molar-refractivity contribution in [1.82, 2.24) is 10.2 Å². The van der Waals surface area contributed by atoms with Crippen molar-refractivity contribution in [3.05, 3.63) is 29.3 Å². The second-order valence-electron chi connectivity index (χ2n) is 7.66. The first-order valence-electron chi connectivity index (χ1n) is 9.84. The van der Waals surface area contributed by atoms with Gasteiger partial charge in [-0.05, 0) is 69.0 Å². The zero-order valence-corrected chi connectivity index (χ0v) is 16.6. The van der Waals surface area contributed by atoms with E-state index in [1.54, 1.807) is 0 Å². The van der Waals surface area contributed by atoms with Gasteiger partial charge in [-0.2, -0.15) is 0 Å². The van der Waals surface area contributed by atoms with Gasteiger partial charge < -0.3 is 15.5 Å². The summed E-state index contributed by atoms with van der Waals surface area (Å²) >= 11 is 0. The SMILES string of the molecule is CCCN(C(=O)c1ccc(NC(=O)CC(C)C)c(C)c1)C1CCNCC1. The molecule has 1 saturated heterocycles. The minimum absolute atomic E-state index is 0.0180. The molecule has 1 heterocycles. The molecule has 2 N–H and O–H groups in total. The van der Waals surface area contributed by atoms with Gasteiger partial charge in [0, 0.05) is 30.3 Å². The van der Waals surface area contributed by atoms with Crippen molar-refractivity contribution in [2.75, 3.05) is 25.0 Å². The first kappa shape index (κ1) is 20.4. The molecule has 0 radical (unpaired) electrons. The van der Waals surface area contributed by atoms with Crippen LogP contribution in [-0.4, -0.2) is 42.4 Å². The molecule has 5 nitrogen and oxygen atoms in total. The monoisotopic (exact) mass is 359 g/mol. The number of nitrogens with zero attached hydrogens (tertiary/aromatic N) is 1. The van der Waals surface area contributed by atoms with Gasteiger partial charge in [0.2, 0.25) is 5.91 Å². The van der Waals surface area contributed by atoms with Gasteiger partial charge in [-0.1, -0.05) is 20.8 Å². The highest BCUT2D eigenvalue weighted by molar-refractivity contribution is 5.96. The summed E-state index contributed by atoms with van der Waals surface area (Å²) in [6.45, 7) is 10.8. The lowest BCUT2D eigenvalue weighted by atomic mass is 10.0. The Morgan fingerprint density at radius 1 is 1.27 bits per heavy atom. The fourth-order valence-electron chi connectivity index (χ4n) is 3.48. The molecule has 0 aliphatic carbocycles. The highest BCUT2D eigenvalue weighted by Gasteiger charge is 2.25. The van der Waals surface area contributed by atoms with Crippen LogP contribution in [0, 0.1) is 12.8 Å². The summed E-state index contributed by atoms with van der Waals surface area (Å²) in [4.78, 5) is 27.1. The molecule has 1 aromatic rings. The van der Waals surface area contributed by atoms with Crippen molar-refractivity contribution in [3.63, 3.8) is 0 Å². The van der Waals surface area contributed by atoms with Gasteiger partial charge in [-0.3, -0.25) is 9.59 Å². The van der Waals surface area contributed by atoms with Crippen LogP contribution in [0.25, 0.3) is 0 Å². The van der Waals surface area contributed by atoms with Gasteiger partial charge in [0.05, 0.1) is 0 Å². The maximum atomic E-state index is 13.1. The van der Waals surface area contributed by atoms with Crippen molar-refractivity contribution < 1.29 is 9.59 Å². The molecule has 2 rings (SSSR count). The number of rotatable bonds is 7. The van der Waals surface area contributed by atoms with Crippen LogP contribution in [0.15, 0.2) is 18.2 Å². The zero-order chi connectivity index (χ0) is 19.1. The van der Waals surface area contributed by atoms with Crippen LogP contribution in [0.2, 0.25) is 0 Å². The number of piperidine rings is 1. The Kier molecular flexibility index (Phi) is 7.64. The van der Waals surface area contributed by atoms with E-state index in [1.165, 1.54) is 0 Å². The molecule has 2 amide bonds. The van der Waals surface area contributed by atoms with E-state index in [2.05, 4.69) is 17.6 Å². The van der Waals surface area contributed by atoms with Crippen molar-refractivity contribution in [1.29, 1.82) is 0 Å². The summed E-state index contributed by atoms with van der Waals surface area (Å²) < 4.78 is 0. The predicted molar refractivity (Wildman–Crippen MR) is 106 cm³/mol. The van der Waals surface area contributed by atoms with Crippen molar-refractivity contribution in [3.8, 4) is 0 Å². The number of anilines is 1. The summed E-state index contributed by atoms with van der Waals surface area (Å²) in [5, 5.41) is 6.31. The Hall–Kier alpha value is -1.88. The van der Waals surface area contributed by atoms with E-state index in [1.807, 2.05) is 43.9 Å². The second kappa shape index (κ2) is 9.72. The summed E-state index contributed by atoms with van der Waals surface area (Å²) in [6, 6.07) is 5.91. The van der Waals surface area contributed by atoms with E-state index in [-0.39, 0.29) is 11.8 Å². The smallest absolute Gasteiger partial charge is 0.254 e. The van der Waals surface area contributed by atoms with Gasteiger partial charge in [-0.25, -0.2) is 0 Å². The van der Waals surface area contributed by atoms with E-state index in [0.717, 1.165) is 50.1 Å². The summed E-state index contributed by atoms with van der Waals surface area (Å²) in [6.07, 6.45) is 3.47. The Bertz CT molecular complexity index is 622. The standard InChI is InChI=1S/C21H33N3O2/c1-5-12-24(18-8-10-22-11-9-18)21(26)17-6-7-19(16(4)14-17)23-20(25)13-15(2)3/h6-7,14-15,18,22H,5,8-13H2,1-4H3,(H,23,25). The van der Waals surface area contributed by atoms with Gasteiger partial charge in [0.1, 0.15) is 0 Å². The molecule has 0 aromatic heterocycles. The summed E-state index contributed by atoms with van der Waals surface area (Å²) in [5.41, 5.74) is 2.42. The minimum atomic E-state index is 0.0180. The van der Waals surface area contributed by atoms with Gasteiger partial charge >= 0.3 is 0 Å². The fraction of sp³-hybridized carbons (Fsp3) is 0.619. The lowest BCUT2D eigenvalue weighted by molar-refractivity contribution is -0.116. The van der Waals surface area contributed by atoms with Gasteiger partial charge in [-0.15, -0.1) is 0 Å². The maximum absolute atomic E-state index is 13.1. The molecule has 0 bridgehead atoms. The van der Waals surface area contributed by atoms with E-state index in [4.69, 9.17) is 0 Å². The summed E-state index contributed by atoms with van der Waals surface area (Å²) in [7, 11) is 0. The number of hydrogen-bond acceptors (Lipinski definition) is 3. The van der Waals surface area contributed by atoms with E-state index < -0.39 is 0 Å². The Labute approximate surface area is 157 Å². The second-order valence-corrected chi connectivity index (χ2v) is 7.66. The molecule has 0 spiro atoms. The Morgan fingerprint density at radius 2 is 1.96 bits per heavy atom. The molecule has 1 aromatic carbocycles. The maximum Gasteiger partial charge on any atom is 0.254 e. The average Bonchev–Trinajstić information content (AvgIpc) is 2.61. The van der Waals surface area contributed by atoms with Crippen LogP contribution in [0.3, 0.4) is 0 Å². The first-order valence-corrected chi connectivity index (χ1v) is 9.84. The van der Waals surface area contributed by atoms with Crippen molar-refractivity contribution in [2.24, 2.45) is 5.92 Å². The fourth-order valence-corrected chi connectivity index (χ4v) is 3.48. The zero-order valence-electron chi connectivity index (χ0n) is 16.6. The van der Waals surface area contributed by atoms with Crippen LogP contribution < -0.4 is 10.6 Å². The topological polar surface area (TPSA) is 61.4 Å². The minimum Gasteiger partial charge on any atom is -0.336 e. The highest BCUT2D eigenvalue weighted by Crippen LogP contribution is 2.21. The van der Waals surface area contributed by atoms with Crippen LogP contribution in [0.1, 0.15) is 62.4 Å². The molecule has 1 aliphatic rings. The molecule has 1 aliphatic heterocycles. The largest absolute Gasteiger partial charge is 0.336 e. The van der Waals surface area contributed by atoms with Crippen LogP contribution in [0.5, 0.6) is 0 Å². The number of benzene rings is 1. The highest BCUT2D eigenvalue weighted by atomic mass is 16.2. The molecular weight excluding hydrogens is 326 g/mol. The number of carbonyl (C=O) groups is 2. The average molecular weight is 360 g/mol. The predicted octanol–water partition coefficient (Wildman–Crippen LogP) is 3.58. The Morgan fingerprint density at radius 3 is 2.54 bits per heavy atom. The Balaban J connectivity index is 2.12.